The van der Waals surface area contributed by atoms with Crippen molar-refractivity contribution in [2.75, 3.05) is 6.54 Å². The third-order valence-electron chi connectivity index (χ3n) is 4.67. The van der Waals surface area contributed by atoms with E-state index in [4.69, 9.17) is 17.3 Å². The second-order valence-corrected chi connectivity index (χ2v) is 8.36. The summed E-state index contributed by atoms with van der Waals surface area (Å²) in [5, 5.41) is 8.73. The highest BCUT2D eigenvalue weighted by Gasteiger charge is 2.31. The van der Waals surface area contributed by atoms with Gasteiger partial charge in [-0.3, -0.25) is 14.5 Å². The summed E-state index contributed by atoms with van der Waals surface area (Å²) < 4.78 is 2.70. The zero-order chi connectivity index (χ0) is 20.3. The highest BCUT2D eigenvalue weighted by molar-refractivity contribution is 8.26. The Labute approximate surface area is 174 Å². The van der Waals surface area contributed by atoms with Gasteiger partial charge in [0.25, 0.3) is 5.91 Å². The van der Waals surface area contributed by atoms with E-state index in [1.165, 1.54) is 11.8 Å². The molecule has 3 rings (SSSR count). The maximum absolute atomic E-state index is 12.7. The lowest BCUT2D eigenvalue weighted by Crippen LogP contribution is -2.29. The predicted octanol–water partition coefficient (Wildman–Crippen LogP) is 4.55. The van der Waals surface area contributed by atoms with E-state index in [0.717, 1.165) is 22.6 Å². The number of thiocarbonyl (C=S) groups is 1. The molecule has 1 amide bonds. The fourth-order valence-electron chi connectivity index (χ4n) is 3.29. The second-order valence-electron chi connectivity index (χ2n) is 6.68. The zero-order valence-electron chi connectivity index (χ0n) is 15.8. The number of benzene rings is 1. The van der Waals surface area contributed by atoms with Gasteiger partial charge in [-0.2, -0.15) is 0 Å². The summed E-state index contributed by atoms with van der Waals surface area (Å²) in [5.74, 6) is -0.922. The molecule has 7 heteroatoms. The number of carboxylic acid groups (broad SMARTS) is 1. The molecule has 28 heavy (non-hydrogen) atoms. The minimum atomic E-state index is -0.820. The Morgan fingerprint density at radius 2 is 1.93 bits per heavy atom. The fourth-order valence-corrected chi connectivity index (χ4v) is 4.59. The van der Waals surface area contributed by atoms with Gasteiger partial charge < -0.3 is 9.67 Å². The lowest BCUT2D eigenvalue weighted by Gasteiger charge is -2.13. The van der Waals surface area contributed by atoms with Crippen molar-refractivity contribution < 1.29 is 14.7 Å². The summed E-state index contributed by atoms with van der Waals surface area (Å²) in [7, 11) is 0. The molecular weight excluding hydrogens is 392 g/mol. The van der Waals surface area contributed by atoms with Gasteiger partial charge in [0, 0.05) is 30.0 Å². The highest BCUT2D eigenvalue weighted by Crippen LogP contribution is 2.34. The number of hydrogen-bond donors (Lipinski definition) is 1. The number of unbranched alkanes of at least 4 members (excludes halogenated alkanes) is 1. The van der Waals surface area contributed by atoms with Gasteiger partial charge in [-0.05, 0) is 56.5 Å². The molecule has 2 heterocycles. The summed E-state index contributed by atoms with van der Waals surface area (Å²) in [6, 6.07) is 12.2. The van der Waals surface area contributed by atoms with Crippen molar-refractivity contribution in [2.24, 2.45) is 0 Å². The third kappa shape index (κ3) is 4.36. The van der Waals surface area contributed by atoms with Gasteiger partial charge in [0.05, 0.1) is 4.91 Å². The van der Waals surface area contributed by atoms with Crippen LogP contribution in [0.1, 0.15) is 36.2 Å². The third-order valence-corrected chi connectivity index (χ3v) is 6.05. The van der Waals surface area contributed by atoms with Crippen LogP contribution in [0.4, 0.5) is 0 Å². The Kier molecular flexibility index (Phi) is 6.36. The number of para-hydroxylation sites is 1. The van der Waals surface area contributed by atoms with Crippen LogP contribution in [0.25, 0.3) is 11.8 Å². The Bertz CT molecular complexity index is 948. The van der Waals surface area contributed by atoms with E-state index in [1.54, 1.807) is 4.90 Å². The zero-order valence-corrected chi connectivity index (χ0v) is 17.5. The first kappa shape index (κ1) is 20.4. The van der Waals surface area contributed by atoms with Gasteiger partial charge in [-0.1, -0.05) is 42.2 Å². The summed E-state index contributed by atoms with van der Waals surface area (Å²) in [6.45, 7) is 4.54. The quantitative estimate of drug-likeness (QED) is 0.409. The Balaban J connectivity index is 1.78. The van der Waals surface area contributed by atoms with Crippen LogP contribution in [0.5, 0.6) is 0 Å². The number of nitrogens with zero attached hydrogens (tertiary/aromatic N) is 2. The normalized spacial score (nSPS) is 15.6. The van der Waals surface area contributed by atoms with Crippen molar-refractivity contribution in [2.45, 2.75) is 33.1 Å². The predicted molar refractivity (Wildman–Crippen MR) is 117 cm³/mol. The molecule has 5 nitrogen and oxygen atoms in total. The van der Waals surface area contributed by atoms with E-state index in [1.807, 2.05) is 38.1 Å². The molecule has 1 aliphatic rings. The maximum atomic E-state index is 12.7. The molecule has 1 fully saturated rings. The number of carboxylic acids is 1. The lowest BCUT2D eigenvalue weighted by atomic mass is 10.2. The number of aryl methyl sites for hydroxylation is 1. The minimum Gasteiger partial charge on any atom is -0.481 e. The smallest absolute Gasteiger partial charge is 0.303 e. The topological polar surface area (TPSA) is 62.5 Å². The molecule has 146 valence electrons. The Morgan fingerprint density at radius 3 is 2.61 bits per heavy atom. The van der Waals surface area contributed by atoms with Crippen LogP contribution >= 0.6 is 24.0 Å². The van der Waals surface area contributed by atoms with Crippen molar-refractivity contribution in [3.05, 3.63) is 58.3 Å². The first-order chi connectivity index (χ1) is 13.4. The standard InChI is InChI=1S/C21H22N2O3S2/c1-14-12-16(15(2)23(14)17-8-4-3-5-9-17)13-18-20(26)22(21(27)28-18)11-7-6-10-19(24)25/h3-5,8-9,12-13H,6-7,10-11H2,1-2H3,(H,24,25)/b18-13-. The molecule has 0 spiro atoms. The van der Waals surface area contributed by atoms with E-state index in [9.17, 15) is 9.59 Å². The molecule has 0 saturated carbocycles. The van der Waals surface area contributed by atoms with E-state index < -0.39 is 5.97 Å². The van der Waals surface area contributed by atoms with E-state index in [2.05, 4.69) is 22.8 Å². The van der Waals surface area contributed by atoms with Crippen LogP contribution in [0.2, 0.25) is 0 Å². The number of amides is 1. The van der Waals surface area contributed by atoms with Crippen molar-refractivity contribution in [3.63, 3.8) is 0 Å². The van der Waals surface area contributed by atoms with Gasteiger partial charge in [0.1, 0.15) is 4.32 Å². The first-order valence-electron chi connectivity index (χ1n) is 9.10. The van der Waals surface area contributed by atoms with Crippen LogP contribution in [-0.4, -0.2) is 37.3 Å². The molecule has 1 aromatic heterocycles. The molecule has 1 aromatic carbocycles. The summed E-state index contributed by atoms with van der Waals surface area (Å²) in [5.41, 5.74) is 4.24. The molecule has 1 N–H and O–H groups in total. The Hall–Kier alpha value is -2.38. The number of rotatable bonds is 7. The van der Waals surface area contributed by atoms with Crippen LogP contribution in [0.3, 0.4) is 0 Å². The number of aromatic nitrogens is 1. The molecule has 1 aliphatic heterocycles. The van der Waals surface area contributed by atoms with Crippen LogP contribution in [0, 0.1) is 13.8 Å². The SMILES string of the molecule is Cc1cc(/C=C2\SC(=S)N(CCCCC(=O)O)C2=O)c(C)n1-c1ccccc1. The average molecular weight is 415 g/mol. The number of thioether (sulfide) groups is 1. The fraction of sp³-hybridized carbons (Fsp3) is 0.286. The summed E-state index contributed by atoms with van der Waals surface area (Å²) >= 11 is 6.66. The molecular formula is C21H22N2O3S2. The summed E-state index contributed by atoms with van der Waals surface area (Å²) in [6.07, 6.45) is 3.16. The van der Waals surface area contributed by atoms with Crippen molar-refractivity contribution >= 4 is 46.3 Å². The van der Waals surface area contributed by atoms with Crippen molar-refractivity contribution in [1.82, 2.24) is 9.47 Å². The summed E-state index contributed by atoms with van der Waals surface area (Å²) in [4.78, 5) is 25.6. The molecule has 0 atom stereocenters. The molecule has 0 unspecified atom stereocenters. The van der Waals surface area contributed by atoms with Gasteiger partial charge in [-0.25, -0.2) is 0 Å². The molecule has 0 aliphatic carbocycles. The number of aliphatic carboxylic acids is 1. The average Bonchev–Trinajstić information content (AvgIpc) is 3.08. The van der Waals surface area contributed by atoms with Crippen LogP contribution < -0.4 is 0 Å². The number of carbonyl (C=O) groups excluding carboxylic acids is 1. The van der Waals surface area contributed by atoms with E-state index >= 15 is 0 Å². The highest BCUT2D eigenvalue weighted by atomic mass is 32.2. The number of carbonyl (C=O) groups is 2. The van der Waals surface area contributed by atoms with Crippen LogP contribution in [-0.2, 0) is 9.59 Å². The largest absolute Gasteiger partial charge is 0.481 e. The molecule has 0 bridgehead atoms. The van der Waals surface area contributed by atoms with E-state index in [-0.39, 0.29) is 12.3 Å². The Morgan fingerprint density at radius 1 is 1.21 bits per heavy atom. The second kappa shape index (κ2) is 8.75. The first-order valence-corrected chi connectivity index (χ1v) is 10.3. The molecule has 1 saturated heterocycles. The van der Waals surface area contributed by atoms with Gasteiger partial charge in [0.2, 0.25) is 0 Å². The van der Waals surface area contributed by atoms with Crippen LogP contribution in [0.15, 0.2) is 41.3 Å². The minimum absolute atomic E-state index is 0.102. The van der Waals surface area contributed by atoms with Crippen molar-refractivity contribution in [3.8, 4) is 5.69 Å². The lowest BCUT2D eigenvalue weighted by molar-refractivity contribution is -0.137. The molecule has 0 radical (unpaired) electrons. The maximum Gasteiger partial charge on any atom is 0.303 e. The van der Waals surface area contributed by atoms with Gasteiger partial charge >= 0.3 is 5.97 Å². The number of hydrogen-bond acceptors (Lipinski definition) is 4. The monoisotopic (exact) mass is 414 g/mol. The van der Waals surface area contributed by atoms with Gasteiger partial charge in [0.15, 0.2) is 0 Å². The van der Waals surface area contributed by atoms with Gasteiger partial charge in [-0.15, -0.1) is 0 Å². The van der Waals surface area contributed by atoms with Crippen molar-refractivity contribution in [1.29, 1.82) is 0 Å². The molecule has 2 aromatic rings. The van der Waals surface area contributed by atoms with E-state index in [0.29, 0.717) is 28.6 Å².